The van der Waals surface area contributed by atoms with Crippen molar-refractivity contribution in [1.82, 2.24) is 14.5 Å². The van der Waals surface area contributed by atoms with Gasteiger partial charge in [-0.05, 0) is 61.7 Å². The van der Waals surface area contributed by atoms with Crippen molar-refractivity contribution in [3.8, 4) is 17.5 Å². The highest BCUT2D eigenvalue weighted by atomic mass is 16.1. The third kappa shape index (κ3) is 5.36. The van der Waals surface area contributed by atoms with Gasteiger partial charge in [0.05, 0.1) is 12.9 Å². The standard InChI is InChI=1S/C31H28N4O2/c1-21-13-24(16-29(14-21)34-12-10-32-20-34)17-30(37)26-7-6-22(2)25(18-26)8-9-28-19-33-31-27(15-23(3)36)5-4-11-35(28)31/h4-7,10-14,16,18,20,28H,15,17,19H2,1-3H3. The van der Waals surface area contributed by atoms with Gasteiger partial charge < -0.3 is 9.47 Å². The Kier molecular flexibility index (Phi) is 6.70. The van der Waals surface area contributed by atoms with Crippen molar-refractivity contribution < 1.29 is 9.59 Å². The van der Waals surface area contributed by atoms with Gasteiger partial charge in [0.2, 0.25) is 0 Å². The molecule has 0 amide bonds. The first-order valence-corrected chi connectivity index (χ1v) is 12.3. The summed E-state index contributed by atoms with van der Waals surface area (Å²) in [6, 6.07) is 11.8. The van der Waals surface area contributed by atoms with Crippen molar-refractivity contribution in [2.24, 2.45) is 4.99 Å². The molecule has 0 saturated carbocycles. The molecular weight excluding hydrogens is 460 g/mol. The van der Waals surface area contributed by atoms with Crippen LogP contribution in [0.1, 0.15) is 46.0 Å². The summed E-state index contributed by atoms with van der Waals surface area (Å²) in [4.78, 5) is 35.6. The number of hydrogen-bond acceptors (Lipinski definition) is 5. The van der Waals surface area contributed by atoms with Gasteiger partial charge in [-0.1, -0.05) is 36.1 Å². The summed E-state index contributed by atoms with van der Waals surface area (Å²) in [6.07, 6.45) is 11.9. The second kappa shape index (κ2) is 10.2. The van der Waals surface area contributed by atoms with Crippen LogP contribution in [-0.4, -0.2) is 44.4 Å². The van der Waals surface area contributed by atoms with Crippen molar-refractivity contribution in [3.63, 3.8) is 0 Å². The minimum absolute atomic E-state index is 0.0506. The molecule has 1 atom stereocenters. The molecule has 2 aliphatic heterocycles. The van der Waals surface area contributed by atoms with Crippen LogP contribution in [0.3, 0.4) is 0 Å². The van der Waals surface area contributed by atoms with E-state index in [1.165, 1.54) is 0 Å². The normalized spacial score (nSPS) is 16.0. The molecule has 0 bridgehead atoms. The quantitative estimate of drug-likeness (QED) is 0.370. The molecule has 0 N–H and O–H groups in total. The maximum Gasteiger partial charge on any atom is 0.167 e. The first-order chi connectivity index (χ1) is 17.9. The number of hydrogen-bond donors (Lipinski definition) is 0. The van der Waals surface area contributed by atoms with Crippen molar-refractivity contribution in [2.75, 3.05) is 6.54 Å². The van der Waals surface area contributed by atoms with E-state index in [9.17, 15) is 9.59 Å². The van der Waals surface area contributed by atoms with E-state index in [2.05, 4.69) is 27.9 Å². The Morgan fingerprint density at radius 3 is 2.76 bits per heavy atom. The Hall–Kier alpha value is -4.50. The van der Waals surface area contributed by atoms with E-state index in [4.69, 9.17) is 0 Å². The number of carbonyl (C=O) groups excluding carboxylic acids is 2. The highest BCUT2D eigenvalue weighted by Gasteiger charge is 2.28. The number of aryl methyl sites for hydroxylation is 2. The van der Waals surface area contributed by atoms with Crippen LogP contribution in [0.2, 0.25) is 0 Å². The number of aliphatic imine (C=N–C) groups is 1. The third-order valence-electron chi connectivity index (χ3n) is 6.49. The molecule has 0 fully saturated rings. The molecule has 37 heavy (non-hydrogen) atoms. The lowest BCUT2D eigenvalue weighted by molar-refractivity contribution is -0.116. The molecule has 184 valence electrons. The van der Waals surface area contributed by atoms with Crippen LogP contribution >= 0.6 is 0 Å². The number of Topliss-reactive ketones (excluding diaryl/α,β-unsaturated/α-hetero) is 2. The van der Waals surface area contributed by atoms with Crippen LogP contribution in [0.5, 0.6) is 0 Å². The number of amidine groups is 1. The summed E-state index contributed by atoms with van der Waals surface area (Å²) in [5, 5.41) is 0. The number of carbonyl (C=O) groups is 2. The summed E-state index contributed by atoms with van der Waals surface area (Å²) in [6.45, 7) is 6.17. The van der Waals surface area contributed by atoms with E-state index >= 15 is 0 Å². The van der Waals surface area contributed by atoms with Gasteiger partial charge in [-0.15, -0.1) is 0 Å². The van der Waals surface area contributed by atoms with Crippen LogP contribution < -0.4 is 0 Å². The second-order valence-electron chi connectivity index (χ2n) is 9.55. The lowest BCUT2D eigenvalue weighted by Gasteiger charge is -2.24. The fourth-order valence-corrected chi connectivity index (χ4v) is 4.66. The topological polar surface area (TPSA) is 67.6 Å². The van der Waals surface area contributed by atoms with Gasteiger partial charge in [0.25, 0.3) is 0 Å². The number of ketones is 2. The molecule has 0 spiro atoms. The largest absolute Gasteiger partial charge is 0.317 e. The Labute approximate surface area is 217 Å². The zero-order valence-electron chi connectivity index (χ0n) is 21.2. The molecule has 2 aromatic carbocycles. The Morgan fingerprint density at radius 2 is 1.97 bits per heavy atom. The third-order valence-corrected chi connectivity index (χ3v) is 6.49. The number of imidazole rings is 1. The van der Waals surface area contributed by atoms with E-state index in [0.717, 1.165) is 39.3 Å². The first-order valence-electron chi connectivity index (χ1n) is 12.3. The number of rotatable bonds is 6. The number of aromatic nitrogens is 2. The minimum Gasteiger partial charge on any atom is -0.317 e. The molecule has 6 nitrogen and oxygen atoms in total. The molecule has 0 aliphatic carbocycles. The average Bonchev–Trinajstić information content (AvgIpc) is 3.54. The van der Waals surface area contributed by atoms with E-state index in [1.54, 1.807) is 19.4 Å². The monoisotopic (exact) mass is 488 g/mol. The zero-order chi connectivity index (χ0) is 25.9. The van der Waals surface area contributed by atoms with Crippen molar-refractivity contribution in [2.45, 2.75) is 39.7 Å². The Bertz CT molecular complexity index is 1530. The highest BCUT2D eigenvalue weighted by Crippen LogP contribution is 2.23. The fraction of sp³-hybridized carbons (Fsp3) is 0.226. The molecule has 2 aliphatic rings. The zero-order valence-corrected chi connectivity index (χ0v) is 21.2. The maximum absolute atomic E-state index is 13.2. The lowest BCUT2D eigenvalue weighted by atomic mass is 9.97. The van der Waals surface area contributed by atoms with E-state index in [0.29, 0.717) is 24.9 Å². The summed E-state index contributed by atoms with van der Waals surface area (Å²) >= 11 is 0. The van der Waals surface area contributed by atoms with Crippen molar-refractivity contribution >= 4 is 17.4 Å². The summed E-state index contributed by atoms with van der Waals surface area (Å²) in [5.41, 5.74) is 6.47. The van der Waals surface area contributed by atoms with Crippen molar-refractivity contribution in [1.29, 1.82) is 0 Å². The molecule has 1 aromatic heterocycles. The predicted octanol–water partition coefficient (Wildman–Crippen LogP) is 4.78. The van der Waals surface area contributed by atoms with Crippen LogP contribution in [0.25, 0.3) is 5.69 Å². The molecule has 5 rings (SSSR count). The number of allylic oxidation sites excluding steroid dienone is 2. The number of nitrogens with zero attached hydrogens (tertiary/aromatic N) is 4. The molecule has 6 heteroatoms. The molecule has 3 aromatic rings. The maximum atomic E-state index is 13.2. The summed E-state index contributed by atoms with van der Waals surface area (Å²) < 4.78 is 1.94. The van der Waals surface area contributed by atoms with Crippen LogP contribution in [-0.2, 0) is 11.2 Å². The minimum atomic E-state index is -0.102. The molecule has 1 unspecified atom stereocenters. The highest BCUT2D eigenvalue weighted by molar-refractivity contribution is 6.05. The predicted molar refractivity (Wildman–Crippen MR) is 145 cm³/mol. The van der Waals surface area contributed by atoms with Gasteiger partial charge in [0.1, 0.15) is 17.7 Å². The van der Waals surface area contributed by atoms with E-state index in [1.807, 2.05) is 78.2 Å². The Balaban J connectivity index is 1.33. The molecule has 3 heterocycles. The van der Waals surface area contributed by atoms with Crippen LogP contribution in [0.15, 0.2) is 84.0 Å². The van der Waals surface area contributed by atoms with Gasteiger partial charge in [0, 0.05) is 53.8 Å². The van der Waals surface area contributed by atoms with Gasteiger partial charge in [-0.2, -0.15) is 0 Å². The smallest absolute Gasteiger partial charge is 0.167 e. The van der Waals surface area contributed by atoms with Gasteiger partial charge >= 0.3 is 0 Å². The van der Waals surface area contributed by atoms with Crippen LogP contribution in [0, 0.1) is 25.7 Å². The Morgan fingerprint density at radius 1 is 1.11 bits per heavy atom. The second-order valence-corrected chi connectivity index (χ2v) is 9.55. The average molecular weight is 489 g/mol. The fourth-order valence-electron chi connectivity index (χ4n) is 4.66. The number of fused-ring (bicyclic) bond motifs is 1. The van der Waals surface area contributed by atoms with Crippen molar-refractivity contribution in [3.05, 3.63) is 107 Å². The summed E-state index contributed by atoms with van der Waals surface area (Å²) in [5.74, 6) is 7.61. The first kappa shape index (κ1) is 24.2. The van der Waals surface area contributed by atoms with Crippen LogP contribution in [0.4, 0.5) is 0 Å². The van der Waals surface area contributed by atoms with Gasteiger partial charge in [0.15, 0.2) is 5.78 Å². The lowest BCUT2D eigenvalue weighted by Crippen LogP contribution is -2.33. The molecule has 0 saturated heterocycles. The van der Waals surface area contributed by atoms with Gasteiger partial charge in [-0.25, -0.2) is 4.98 Å². The summed E-state index contributed by atoms with van der Waals surface area (Å²) in [7, 11) is 0. The molecular formula is C31H28N4O2. The van der Waals surface area contributed by atoms with Gasteiger partial charge in [-0.3, -0.25) is 14.6 Å². The number of benzene rings is 2. The molecule has 0 radical (unpaired) electrons. The van der Waals surface area contributed by atoms with E-state index in [-0.39, 0.29) is 17.6 Å². The SMILES string of the molecule is CC(=O)CC1=CC=CN2C1=NCC2C#Cc1cc(C(=O)Cc2cc(C)cc(-n3ccnc3)c2)ccc1C. The van der Waals surface area contributed by atoms with E-state index < -0.39 is 0 Å².